The zero-order chi connectivity index (χ0) is 28.9. The first-order valence-electron chi connectivity index (χ1n) is 13.7. The van der Waals surface area contributed by atoms with E-state index in [1.807, 2.05) is 17.5 Å². The van der Waals surface area contributed by atoms with E-state index in [1.165, 1.54) is 62.5 Å². The molecule has 0 bridgehead atoms. The molecule has 4 aromatic carbocycles. The number of aliphatic hydroxyl groups excluding tert-OH is 1. The van der Waals surface area contributed by atoms with Crippen LogP contribution in [0.25, 0.3) is 53.7 Å². The van der Waals surface area contributed by atoms with E-state index < -0.39 is 0 Å². The average molecular weight is 747 g/mol. The van der Waals surface area contributed by atoms with Crippen LogP contribution in [0.3, 0.4) is 0 Å². The Morgan fingerprint density at radius 2 is 1.55 bits per heavy atom. The number of carbonyl (C=O) groups is 1. The minimum absolute atomic E-state index is 0. The van der Waals surface area contributed by atoms with Gasteiger partial charge in [-0.15, -0.1) is 23.6 Å². The summed E-state index contributed by atoms with van der Waals surface area (Å²) in [5.41, 5.74) is 7.05. The number of aromatic nitrogens is 1. The number of pyridine rings is 1. The van der Waals surface area contributed by atoms with Gasteiger partial charge in [-0.1, -0.05) is 104 Å². The predicted octanol–water partition coefficient (Wildman–Crippen LogP) is 10.4. The van der Waals surface area contributed by atoms with Crippen LogP contribution >= 0.6 is 11.3 Å². The number of allylic oxidation sites excluding steroid dienone is 2. The number of benzene rings is 4. The van der Waals surface area contributed by atoms with Crippen molar-refractivity contribution in [1.82, 2.24) is 4.98 Å². The van der Waals surface area contributed by atoms with Gasteiger partial charge in [0.1, 0.15) is 0 Å². The topological polar surface area (TPSA) is 50.2 Å². The Hall–Kier alpha value is -3.89. The molecule has 0 aliphatic rings. The fraction of sp³-hybridized carbons (Fsp3) is 0.135. The molecule has 0 spiro atoms. The number of thiophene rings is 1. The van der Waals surface area contributed by atoms with Crippen LogP contribution in [0.1, 0.15) is 39.2 Å². The second kappa shape index (κ2) is 13.8. The van der Waals surface area contributed by atoms with E-state index in [0.717, 1.165) is 16.6 Å². The summed E-state index contributed by atoms with van der Waals surface area (Å²) in [6.07, 6.45) is 3.09. The summed E-state index contributed by atoms with van der Waals surface area (Å²) in [5, 5.41) is 11.9. The number of hydrogen-bond acceptors (Lipinski definition) is 4. The van der Waals surface area contributed by atoms with E-state index >= 15 is 0 Å². The summed E-state index contributed by atoms with van der Waals surface area (Å²) < 4.78 is 1.26. The number of fused-ring (bicyclic) bond motifs is 2. The van der Waals surface area contributed by atoms with Crippen molar-refractivity contribution in [3.8, 4) is 32.8 Å². The van der Waals surface area contributed by atoms with Crippen LogP contribution in [0.4, 0.5) is 0 Å². The van der Waals surface area contributed by atoms with Crippen molar-refractivity contribution in [2.75, 3.05) is 0 Å². The molecule has 5 heteroatoms. The molecule has 0 unspecified atom stereocenters. The van der Waals surface area contributed by atoms with Crippen molar-refractivity contribution >= 4 is 38.0 Å². The molecule has 1 N–H and O–H groups in total. The van der Waals surface area contributed by atoms with Crippen molar-refractivity contribution in [3.05, 3.63) is 127 Å². The third kappa shape index (κ3) is 7.11. The second-order valence-corrected chi connectivity index (χ2v) is 11.4. The Morgan fingerprint density at radius 3 is 2.14 bits per heavy atom. The molecule has 1 radical (unpaired) electrons. The number of rotatable bonds is 5. The van der Waals surface area contributed by atoms with Gasteiger partial charge in [-0.3, -0.25) is 9.78 Å². The van der Waals surface area contributed by atoms with Gasteiger partial charge in [0.05, 0.1) is 5.76 Å². The third-order valence-electron chi connectivity index (χ3n) is 6.80. The van der Waals surface area contributed by atoms with E-state index in [4.69, 9.17) is 10.1 Å². The van der Waals surface area contributed by atoms with E-state index in [-0.39, 0.29) is 31.6 Å². The van der Waals surface area contributed by atoms with E-state index in [2.05, 4.69) is 117 Å². The van der Waals surface area contributed by atoms with E-state index in [9.17, 15) is 4.79 Å². The molecular weight excluding hydrogens is 715 g/mol. The second-order valence-electron chi connectivity index (χ2n) is 10.4. The maximum Gasteiger partial charge on any atom is 0.155 e. The summed E-state index contributed by atoms with van der Waals surface area (Å²) in [4.78, 5) is 16.1. The summed E-state index contributed by atoms with van der Waals surface area (Å²) in [6, 6.07) is 38.4. The zero-order valence-electron chi connectivity index (χ0n) is 24.0. The summed E-state index contributed by atoms with van der Waals surface area (Å²) in [5.74, 6) is 0.434. The average Bonchev–Trinajstić information content (AvgIpc) is 3.41. The van der Waals surface area contributed by atoms with Gasteiger partial charge in [0.2, 0.25) is 0 Å². The van der Waals surface area contributed by atoms with Gasteiger partial charge < -0.3 is 5.11 Å². The molecule has 0 aliphatic heterocycles. The molecule has 213 valence electrons. The van der Waals surface area contributed by atoms with Crippen LogP contribution < -0.4 is 0 Å². The van der Waals surface area contributed by atoms with Gasteiger partial charge in [0.15, 0.2) is 5.78 Å². The first kappa shape index (κ1) is 31.1. The van der Waals surface area contributed by atoms with E-state index in [1.54, 1.807) is 0 Å². The molecule has 0 saturated carbocycles. The summed E-state index contributed by atoms with van der Waals surface area (Å²) >= 11 is 1.83. The summed E-state index contributed by atoms with van der Waals surface area (Å²) in [6.45, 7) is 7.32. The maximum absolute atomic E-state index is 10.0. The van der Waals surface area contributed by atoms with Crippen LogP contribution in [0.15, 0.2) is 115 Å². The number of nitrogens with zero attached hydrogens (tertiary/aromatic N) is 1. The standard InChI is InChI=1S/C32H24NS.C5H8O2.Ir/c1-21(2)24-13-14-28-25(17-24)15-16-33-31(28)26-18-27-20-30(23-11-7-4-8-12-23)34-32(27)29(19-26)22-9-5-3-6-10-22;1-4(6)3-5(2)7;/h3-17,19-21H,1-2H3;3,6H,1-2H3;/q-1;;/b;4-3-;. The molecule has 3 nitrogen and oxygen atoms in total. The summed E-state index contributed by atoms with van der Waals surface area (Å²) in [7, 11) is 0. The molecule has 6 aromatic rings. The normalized spacial score (nSPS) is 11.2. The Kier molecular flexibility index (Phi) is 10.2. The molecule has 0 amide bonds. The van der Waals surface area contributed by atoms with Crippen LogP contribution in [0.2, 0.25) is 0 Å². The SMILES string of the molecule is CC(=O)/C=C(/C)O.CC(C)c1ccc2c(-c3[c-]c4cc(-c5ccccc5)sc4c(-c4ccccc4)c3)nccc2c1.[Ir]. The van der Waals surface area contributed by atoms with Crippen molar-refractivity contribution in [1.29, 1.82) is 0 Å². The van der Waals surface area contributed by atoms with Crippen molar-refractivity contribution in [2.45, 2.75) is 33.6 Å². The van der Waals surface area contributed by atoms with Gasteiger partial charge >= 0.3 is 0 Å². The van der Waals surface area contributed by atoms with Gasteiger partial charge in [0, 0.05) is 38.1 Å². The first-order chi connectivity index (χ1) is 19.8. The number of carbonyl (C=O) groups excluding carboxylic acids is 1. The minimum atomic E-state index is -0.125. The number of aliphatic hydroxyl groups is 1. The molecule has 2 heterocycles. The fourth-order valence-corrected chi connectivity index (χ4v) is 6.00. The van der Waals surface area contributed by atoms with Crippen molar-refractivity contribution in [3.63, 3.8) is 0 Å². The quantitative estimate of drug-likeness (QED) is 0.109. The fourth-order valence-electron chi connectivity index (χ4n) is 4.84. The van der Waals surface area contributed by atoms with E-state index in [0.29, 0.717) is 5.92 Å². The molecule has 6 rings (SSSR count). The minimum Gasteiger partial charge on any atom is -0.512 e. The van der Waals surface area contributed by atoms with Crippen LogP contribution in [0.5, 0.6) is 0 Å². The largest absolute Gasteiger partial charge is 0.512 e. The molecule has 0 saturated heterocycles. The monoisotopic (exact) mass is 747 g/mol. The van der Waals surface area contributed by atoms with Crippen LogP contribution in [-0.2, 0) is 24.9 Å². The van der Waals surface area contributed by atoms with Gasteiger partial charge in [0.25, 0.3) is 0 Å². The first-order valence-corrected chi connectivity index (χ1v) is 14.5. The maximum atomic E-state index is 10.0. The van der Waals surface area contributed by atoms with Crippen molar-refractivity contribution in [2.24, 2.45) is 0 Å². The molecule has 0 aliphatic carbocycles. The van der Waals surface area contributed by atoms with Crippen LogP contribution in [-0.4, -0.2) is 15.9 Å². The van der Waals surface area contributed by atoms with Gasteiger partial charge in [-0.05, 0) is 62.9 Å². The van der Waals surface area contributed by atoms with Crippen LogP contribution in [0, 0.1) is 6.07 Å². The number of hydrogen-bond donors (Lipinski definition) is 1. The van der Waals surface area contributed by atoms with Gasteiger partial charge in [-0.25, -0.2) is 0 Å². The molecule has 42 heavy (non-hydrogen) atoms. The van der Waals surface area contributed by atoms with Crippen molar-refractivity contribution < 1.29 is 30.0 Å². The Morgan fingerprint density at radius 1 is 0.881 bits per heavy atom. The number of ketones is 1. The predicted molar refractivity (Wildman–Crippen MR) is 173 cm³/mol. The van der Waals surface area contributed by atoms with Gasteiger partial charge in [-0.2, -0.15) is 11.3 Å². The molecule has 2 aromatic heterocycles. The third-order valence-corrected chi connectivity index (χ3v) is 8.02. The Labute approximate surface area is 264 Å². The Bertz CT molecular complexity index is 1850. The smallest absolute Gasteiger partial charge is 0.155 e. The molecular formula is C37H32IrNO2S-. The molecule has 0 atom stereocenters. The molecule has 0 fully saturated rings. The zero-order valence-corrected chi connectivity index (χ0v) is 27.2. The Balaban J connectivity index is 0.000000454.